The second kappa shape index (κ2) is 7.67. The third-order valence-electron chi connectivity index (χ3n) is 4.68. The summed E-state index contributed by atoms with van der Waals surface area (Å²) in [6.45, 7) is 1.09. The first kappa shape index (κ1) is 19.3. The lowest BCUT2D eigenvalue weighted by Gasteiger charge is -2.22. The van der Waals surface area contributed by atoms with Gasteiger partial charge in [-0.3, -0.25) is 14.5 Å². The molecule has 8 heteroatoms. The van der Waals surface area contributed by atoms with Gasteiger partial charge in [0.15, 0.2) is 0 Å². The lowest BCUT2D eigenvalue weighted by atomic mass is 9.92. The number of carbonyl (C=O) groups excluding carboxylic acids is 3. The number of nitrogens with zero attached hydrogens (tertiary/aromatic N) is 1. The molecule has 4 amide bonds. The maximum atomic E-state index is 13.6. The Hall–Kier alpha value is -3.42. The first-order valence-corrected chi connectivity index (χ1v) is 8.64. The molecule has 28 heavy (non-hydrogen) atoms. The van der Waals surface area contributed by atoms with Gasteiger partial charge in [-0.1, -0.05) is 30.3 Å². The van der Waals surface area contributed by atoms with Crippen LogP contribution in [-0.2, 0) is 21.7 Å². The van der Waals surface area contributed by atoms with Gasteiger partial charge >= 0.3 is 6.03 Å². The van der Waals surface area contributed by atoms with E-state index in [0.717, 1.165) is 4.90 Å². The number of urea groups is 1. The van der Waals surface area contributed by atoms with Crippen molar-refractivity contribution in [1.82, 2.24) is 15.5 Å². The van der Waals surface area contributed by atoms with Crippen molar-refractivity contribution in [1.29, 1.82) is 0 Å². The minimum atomic E-state index is -1.28. The van der Waals surface area contributed by atoms with Crippen LogP contribution in [0.1, 0.15) is 18.1 Å². The smallest absolute Gasteiger partial charge is 0.325 e. The lowest BCUT2D eigenvalue weighted by molar-refractivity contribution is -0.134. The van der Waals surface area contributed by atoms with Crippen molar-refractivity contribution in [3.8, 4) is 5.75 Å². The molecule has 0 aromatic heterocycles. The molecule has 1 aliphatic heterocycles. The molecule has 146 valence electrons. The highest BCUT2D eigenvalue weighted by atomic mass is 19.1. The Bertz CT molecular complexity index is 916. The highest BCUT2D eigenvalue weighted by Crippen LogP contribution is 2.29. The lowest BCUT2D eigenvalue weighted by Crippen LogP contribution is -2.43. The van der Waals surface area contributed by atoms with E-state index in [1.54, 1.807) is 49.4 Å². The molecule has 1 saturated heterocycles. The molecule has 0 aliphatic carbocycles. The van der Waals surface area contributed by atoms with Crippen molar-refractivity contribution < 1.29 is 23.5 Å². The number of amides is 4. The van der Waals surface area contributed by atoms with Gasteiger partial charge in [-0.25, -0.2) is 9.18 Å². The van der Waals surface area contributed by atoms with Crippen molar-refractivity contribution >= 4 is 17.8 Å². The van der Waals surface area contributed by atoms with Gasteiger partial charge in [0, 0.05) is 12.1 Å². The van der Waals surface area contributed by atoms with Gasteiger partial charge in [0.1, 0.15) is 23.7 Å². The number of rotatable bonds is 6. The summed E-state index contributed by atoms with van der Waals surface area (Å²) < 4.78 is 18.7. The monoisotopic (exact) mass is 385 g/mol. The van der Waals surface area contributed by atoms with Crippen molar-refractivity contribution in [2.45, 2.75) is 19.0 Å². The minimum absolute atomic E-state index is 0.0368. The third kappa shape index (κ3) is 3.66. The molecule has 2 aromatic rings. The number of methoxy groups -OCH3 is 1. The molecule has 7 nitrogen and oxygen atoms in total. The standard InChI is InChI=1S/C20H20FN3O4/c1-20(14-7-9-15(28-2)10-8-14)18(26)24(19(27)23-20)12-17(25)22-11-13-5-3-4-6-16(13)21/h3-10H,11-12H2,1-2H3,(H,22,25)(H,23,27)/t20-/m1/s1. The molecule has 0 spiro atoms. The molecule has 2 aromatic carbocycles. The fourth-order valence-corrected chi connectivity index (χ4v) is 3.00. The summed E-state index contributed by atoms with van der Waals surface area (Å²) in [5.41, 5.74) is -0.396. The summed E-state index contributed by atoms with van der Waals surface area (Å²) in [5, 5.41) is 5.15. The van der Waals surface area contributed by atoms with E-state index in [1.807, 2.05) is 0 Å². The van der Waals surface area contributed by atoms with Crippen LogP contribution in [0.15, 0.2) is 48.5 Å². The Morgan fingerprint density at radius 1 is 1.18 bits per heavy atom. The molecule has 1 aliphatic rings. The van der Waals surface area contributed by atoms with Crippen LogP contribution >= 0.6 is 0 Å². The highest BCUT2D eigenvalue weighted by Gasteiger charge is 2.49. The molecule has 1 fully saturated rings. The van der Waals surface area contributed by atoms with Gasteiger partial charge in [-0.05, 0) is 30.7 Å². The molecule has 0 radical (unpaired) electrons. The van der Waals surface area contributed by atoms with Gasteiger partial charge in [0.05, 0.1) is 7.11 Å². The Morgan fingerprint density at radius 2 is 1.86 bits per heavy atom. The summed E-state index contributed by atoms with van der Waals surface area (Å²) >= 11 is 0. The second-order valence-electron chi connectivity index (χ2n) is 6.54. The molecule has 2 N–H and O–H groups in total. The third-order valence-corrected chi connectivity index (χ3v) is 4.68. The summed E-state index contributed by atoms with van der Waals surface area (Å²) in [6, 6.07) is 12.1. The molecule has 1 heterocycles. The number of hydrogen-bond donors (Lipinski definition) is 2. The van der Waals surface area contributed by atoms with Crippen molar-refractivity contribution in [2.24, 2.45) is 0 Å². The fourth-order valence-electron chi connectivity index (χ4n) is 3.00. The Labute approximate surface area is 161 Å². The predicted molar refractivity (Wildman–Crippen MR) is 98.8 cm³/mol. The topological polar surface area (TPSA) is 87.7 Å². The molecule has 3 rings (SSSR count). The molecule has 0 bridgehead atoms. The molecule has 1 atom stereocenters. The number of ether oxygens (including phenoxy) is 1. The van der Waals surface area contributed by atoms with Crippen LogP contribution in [0.2, 0.25) is 0 Å². The van der Waals surface area contributed by atoms with E-state index in [1.165, 1.54) is 13.2 Å². The maximum absolute atomic E-state index is 13.6. The quantitative estimate of drug-likeness (QED) is 0.744. The second-order valence-corrected chi connectivity index (χ2v) is 6.54. The van der Waals surface area contributed by atoms with Gasteiger partial charge in [-0.15, -0.1) is 0 Å². The van der Waals surface area contributed by atoms with Gasteiger partial charge in [-0.2, -0.15) is 0 Å². The largest absolute Gasteiger partial charge is 0.497 e. The van der Waals surface area contributed by atoms with Crippen LogP contribution in [0.3, 0.4) is 0 Å². The van der Waals surface area contributed by atoms with Gasteiger partial charge in [0.2, 0.25) is 5.91 Å². The number of benzene rings is 2. The SMILES string of the molecule is COc1ccc([C@@]2(C)NC(=O)N(CC(=O)NCc3ccccc3F)C2=O)cc1. The first-order valence-electron chi connectivity index (χ1n) is 8.64. The van der Waals surface area contributed by atoms with Crippen LogP contribution < -0.4 is 15.4 Å². The van der Waals surface area contributed by atoms with Crippen LogP contribution in [0.5, 0.6) is 5.75 Å². The summed E-state index contributed by atoms with van der Waals surface area (Å²) in [5.74, 6) is -0.923. The van der Waals surface area contributed by atoms with E-state index in [0.29, 0.717) is 16.9 Å². The van der Waals surface area contributed by atoms with Crippen LogP contribution in [-0.4, -0.2) is 36.4 Å². The Kier molecular flexibility index (Phi) is 5.30. The zero-order chi connectivity index (χ0) is 20.3. The van der Waals surface area contributed by atoms with E-state index < -0.39 is 35.7 Å². The normalized spacial score (nSPS) is 18.8. The molecular formula is C20H20FN3O4. The summed E-state index contributed by atoms with van der Waals surface area (Å²) in [7, 11) is 1.53. The van der Waals surface area contributed by atoms with Gasteiger partial charge < -0.3 is 15.4 Å². The Balaban J connectivity index is 1.67. The van der Waals surface area contributed by atoms with Crippen LogP contribution in [0.4, 0.5) is 9.18 Å². The van der Waals surface area contributed by atoms with Crippen LogP contribution in [0, 0.1) is 5.82 Å². The average molecular weight is 385 g/mol. The highest BCUT2D eigenvalue weighted by molar-refractivity contribution is 6.09. The number of imide groups is 1. The van der Waals surface area contributed by atoms with Crippen molar-refractivity contribution in [3.05, 3.63) is 65.5 Å². The van der Waals surface area contributed by atoms with Crippen molar-refractivity contribution in [2.75, 3.05) is 13.7 Å². The zero-order valence-electron chi connectivity index (χ0n) is 15.5. The van der Waals surface area contributed by atoms with E-state index >= 15 is 0 Å². The number of carbonyl (C=O) groups is 3. The molecular weight excluding hydrogens is 365 g/mol. The maximum Gasteiger partial charge on any atom is 0.325 e. The van der Waals surface area contributed by atoms with Gasteiger partial charge in [0.25, 0.3) is 5.91 Å². The zero-order valence-corrected chi connectivity index (χ0v) is 15.5. The average Bonchev–Trinajstić information content (AvgIpc) is 2.91. The number of hydrogen-bond acceptors (Lipinski definition) is 4. The number of nitrogens with one attached hydrogen (secondary N) is 2. The van der Waals surface area contributed by atoms with E-state index in [2.05, 4.69) is 10.6 Å². The number of halogens is 1. The van der Waals surface area contributed by atoms with E-state index in [4.69, 9.17) is 4.74 Å². The minimum Gasteiger partial charge on any atom is -0.497 e. The summed E-state index contributed by atoms with van der Waals surface area (Å²) in [4.78, 5) is 38.1. The van der Waals surface area contributed by atoms with Crippen LogP contribution in [0.25, 0.3) is 0 Å². The fraction of sp³-hybridized carbons (Fsp3) is 0.250. The van der Waals surface area contributed by atoms with E-state index in [9.17, 15) is 18.8 Å². The Morgan fingerprint density at radius 3 is 2.50 bits per heavy atom. The van der Waals surface area contributed by atoms with E-state index in [-0.39, 0.29) is 6.54 Å². The molecule has 0 saturated carbocycles. The first-order chi connectivity index (χ1) is 13.3. The molecule has 0 unspecified atom stereocenters. The summed E-state index contributed by atoms with van der Waals surface area (Å²) in [6.07, 6.45) is 0. The predicted octanol–water partition coefficient (Wildman–Crippen LogP) is 1.92. The van der Waals surface area contributed by atoms with Crippen molar-refractivity contribution in [3.63, 3.8) is 0 Å².